The van der Waals surface area contributed by atoms with Gasteiger partial charge in [-0.05, 0) is 36.2 Å². The number of carbonyl (C=O) groups excluding carboxylic acids is 1. The molecule has 3 heterocycles. The standard InChI is InChI=1S/C19H22N4O3S/c24-19(22-10-8-21-14-18(22)16-5-2-7-20-13-16)15-4-1-6-17(12-15)23-9-3-11-27(23,25)26/h1-2,4-7,12-13,18,21H,3,8-11,14H2. The van der Waals surface area contributed by atoms with E-state index in [1.54, 1.807) is 36.7 Å². The van der Waals surface area contributed by atoms with Gasteiger partial charge in [-0.1, -0.05) is 12.1 Å². The molecule has 0 bridgehead atoms. The van der Waals surface area contributed by atoms with Crippen LogP contribution in [-0.4, -0.2) is 56.1 Å². The summed E-state index contributed by atoms with van der Waals surface area (Å²) in [6.07, 6.45) is 4.11. The summed E-state index contributed by atoms with van der Waals surface area (Å²) < 4.78 is 25.8. The van der Waals surface area contributed by atoms with Gasteiger partial charge in [-0.15, -0.1) is 0 Å². The van der Waals surface area contributed by atoms with Crippen molar-refractivity contribution >= 4 is 21.6 Å². The Kier molecular flexibility index (Phi) is 4.84. The molecule has 0 radical (unpaired) electrons. The minimum atomic E-state index is -3.27. The van der Waals surface area contributed by atoms with Crippen molar-refractivity contribution in [3.8, 4) is 0 Å². The number of amides is 1. The number of aromatic nitrogens is 1. The topological polar surface area (TPSA) is 82.6 Å². The molecule has 0 spiro atoms. The van der Waals surface area contributed by atoms with Gasteiger partial charge in [0.15, 0.2) is 0 Å². The number of nitrogens with zero attached hydrogens (tertiary/aromatic N) is 3. The van der Waals surface area contributed by atoms with Crippen LogP contribution in [0.1, 0.15) is 28.4 Å². The molecule has 4 rings (SSSR count). The van der Waals surface area contributed by atoms with Gasteiger partial charge in [-0.3, -0.25) is 14.1 Å². The molecule has 1 aromatic heterocycles. The van der Waals surface area contributed by atoms with Gasteiger partial charge in [-0.25, -0.2) is 8.42 Å². The van der Waals surface area contributed by atoms with Crippen molar-refractivity contribution in [3.63, 3.8) is 0 Å². The molecule has 1 N–H and O–H groups in total. The summed E-state index contributed by atoms with van der Waals surface area (Å²) in [5, 5.41) is 3.33. The minimum absolute atomic E-state index is 0.0937. The SMILES string of the molecule is O=C(c1cccc(N2CCCS2(=O)=O)c1)N1CCNCC1c1cccnc1. The van der Waals surface area contributed by atoms with E-state index in [0.29, 0.717) is 37.3 Å². The lowest BCUT2D eigenvalue weighted by molar-refractivity contribution is 0.0634. The maximum Gasteiger partial charge on any atom is 0.254 e. The van der Waals surface area contributed by atoms with E-state index in [0.717, 1.165) is 12.1 Å². The lowest BCUT2D eigenvalue weighted by atomic mass is 10.0. The molecular weight excluding hydrogens is 364 g/mol. The zero-order valence-corrected chi connectivity index (χ0v) is 15.7. The Morgan fingerprint density at radius 3 is 2.81 bits per heavy atom. The number of sulfonamides is 1. The van der Waals surface area contributed by atoms with E-state index in [4.69, 9.17) is 0 Å². The van der Waals surface area contributed by atoms with Crippen molar-refractivity contribution in [3.05, 3.63) is 59.9 Å². The van der Waals surface area contributed by atoms with Crippen LogP contribution in [0.25, 0.3) is 0 Å². The second kappa shape index (κ2) is 7.28. The average molecular weight is 386 g/mol. The molecule has 1 unspecified atom stereocenters. The number of nitrogens with one attached hydrogen (secondary N) is 1. The third-order valence-corrected chi connectivity index (χ3v) is 6.92. The highest BCUT2D eigenvalue weighted by molar-refractivity contribution is 7.93. The molecule has 142 valence electrons. The highest BCUT2D eigenvalue weighted by Crippen LogP contribution is 2.27. The third-order valence-electron chi connectivity index (χ3n) is 5.05. The zero-order valence-electron chi connectivity index (χ0n) is 14.9. The Labute approximate surface area is 159 Å². The molecule has 2 fully saturated rings. The first-order valence-electron chi connectivity index (χ1n) is 9.08. The molecule has 1 aromatic carbocycles. The first kappa shape index (κ1) is 17.9. The summed E-state index contributed by atoms with van der Waals surface area (Å²) in [5.74, 6) is 0.0651. The Bertz CT molecular complexity index is 933. The van der Waals surface area contributed by atoms with Gasteiger partial charge in [0.2, 0.25) is 10.0 Å². The highest BCUT2D eigenvalue weighted by atomic mass is 32.2. The van der Waals surface area contributed by atoms with Gasteiger partial charge in [0, 0.05) is 44.1 Å². The van der Waals surface area contributed by atoms with Crippen molar-refractivity contribution in [2.45, 2.75) is 12.5 Å². The van der Waals surface area contributed by atoms with Crippen LogP contribution >= 0.6 is 0 Å². The fraction of sp³-hybridized carbons (Fsp3) is 0.368. The zero-order chi connectivity index (χ0) is 18.9. The molecule has 2 aromatic rings. The quantitative estimate of drug-likeness (QED) is 0.862. The predicted molar refractivity (Wildman–Crippen MR) is 103 cm³/mol. The fourth-order valence-corrected chi connectivity index (χ4v) is 5.26. The minimum Gasteiger partial charge on any atom is -0.329 e. The van der Waals surface area contributed by atoms with Gasteiger partial charge in [0.05, 0.1) is 17.5 Å². The van der Waals surface area contributed by atoms with Crippen molar-refractivity contribution in [1.29, 1.82) is 0 Å². The van der Waals surface area contributed by atoms with E-state index >= 15 is 0 Å². The number of pyridine rings is 1. The monoisotopic (exact) mass is 386 g/mol. The van der Waals surface area contributed by atoms with Gasteiger partial charge in [0.25, 0.3) is 5.91 Å². The van der Waals surface area contributed by atoms with Crippen molar-refractivity contribution in [2.75, 3.05) is 36.2 Å². The molecule has 0 saturated carbocycles. The van der Waals surface area contributed by atoms with Crippen LogP contribution in [0.3, 0.4) is 0 Å². The van der Waals surface area contributed by atoms with E-state index < -0.39 is 10.0 Å². The van der Waals surface area contributed by atoms with Gasteiger partial charge >= 0.3 is 0 Å². The smallest absolute Gasteiger partial charge is 0.254 e. The summed E-state index contributed by atoms with van der Waals surface area (Å²) in [6, 6.07) is 10.7. The molecular formula is C19H22N4O3S. The predicted octanol–water partition coefficient (Wildman–Crippen LogP) is 1.41. The normalized spacial score (nSPS) is 22.0. The molecule has 7 nitrogen and oxygen atoms in total. The number of piperazine rings is 1. The van der Waals surface area contributed by atoms with Crippen LogP contribution in [0.4, 0.5) is 5.69 Å². The van der Waals surface area contributed by atoms with Crippen molar-refractivity contribution < 1.29 is 13.2 Å². The summed E-state index contributed by atoms with van der Waals surface area (Å²) in [5.41, 5.74) is 2.05. The maximum atomic E-state index is 13.2. The lowest BCUT2D eigenvalue weighted by Gasteiger charge is -2.36. The Hall–Kier alpha value is -2.45. The van der Waals surface area contributed by atoms with Gasteiger partial charge in [-0.2, -0.15) is 0 Å². The highest BCUT2D eigenvalue weighted by Gasteiger charge is 2.31. The first-order valence-corrected chi connectivity index (χ1v) is 10.7. The maximum absolute atomic E-state index is 13.2. The number of carbonyl (C=O) groups is 1. The molecule has 1 atom stereocenters. The second-order valence-corrected chi connectivity index (χ2v) is 8.81. The molecule has 2 saturated heterocycles. The lowest BCUT2D eigenvalue weighted by Crippen LogP contribution is -2.48. The van der Waals surface area contributed by atoms with Gasteiger partial charge < -0.3 is 10.2 Å². The fourth-order valence-electron chi connectivity index (χ4n) is 3.71. The number of benzene rings is 1. The molecule has 27 heavy (non-hydrogen) atoms. The van der Waals surface area contributed by atoms with Crippen molar-refractivity contribution in [2.24, 2.45) is 0 Å². The van der Waals surface area contributed by atoms with E-state index in [1.165, 1.54) is 4.31 Å². The van der Waals surface area contributed by atoms with Crippen LogP contribution < -0.4 is 9.62 Å². The Balaban J connectivity index is 1.63. The Morgan fingerprint density at radius 1 is 1.19 bits per heavy atom. The summed E-state index contributed by atoms with van der Waals surface area (Å²) >= 11 is 0. The van der Waals surface area contributed by atoms with Crippen LogP contribution in [0.2, 0.25) is 0 Å². The van der Waals surface area contributed by atoms with E-state index in [-0.39, 0.29) is 17.7 Å². The van der Waals surface area contributed by atoms with Gasteiger partial charge in [0.1, 0.15) is 0 Å². The summed E-state index contributed by atoms with van der Waals surface area (Å²) in [6.45, 7) is 2.44. The third kappa shape index (κ3) is 3.54. The number of hydrogen-bond donors (Lipinski definition) is 1. The molecule has 2 aliphatic heterocycles. The first-order chi connectivity index (χ1) is 13.1. The molecule has 2 aliphatic rings. The van der Waals surface area contributed by atoms with E-state index in [2.05, 4.69) is 10.3 Å². The second-order valence-electron chi connectivity index (χ2n) is 6.80. The number of anilines is 1. The molecule has 0 aliphatic carbocycles. The van der Waals surface area contributed by atoms with Crippen LogP contribution in [-0.2, 0) is 10.0 Å². The van der Waals surface area contributed by atoms with Crippen LogP contribution in [0, 0.1) is 0 Å². The Morgan fingerprint density at radius 2 is 2.07 bits per heavy atom. The van der Waals surface area contributed by atoms with Crippen molar-refractivity contribution in [1.82, 2.24) is 15.2 Å². The molecule has 8 heteroatoms. The van der Waals surface area contributed by atoms with E-state index in [9.17, 15) is 13.2 Å². The molecule has 1 amide bonds. The number of rotatable bonds is 3. The van der Waals surface area contributed by atoms with E-state index in [1.807, 2.05) is 17.0 Å². The summed E-state index contributed by atoms with van der Waals surface area (Å²) in [4.78, 5) is 19.2. The van der Waals surface area contributed by atoms with Crippen LogP contribution in [0.5, 0.6) is 0 Å². The largest absolute Gasteiger partial charge is 0.329 e. The average Bonchev–Trinajstić information content (AvgIpc) is 3.07. The summed E-state index contributed by atoms with van der Waals surface area (Å²) in [7, 11) is -3.27. The van der Waals surface area contributed by atoms with Crippen LogP contribution in [0.15, 0.2) is 48.8 Å². The number of hydrogen-bond acceptors (Lipinski definition) is 5.